The molecule has 1 aromatic carbocycles. The van der Waals surface area contributed by atoms with Gasteiger partial charge in [0.2, 0.25) is 0 Å². The molecule has 1 N–H and O–H groups in total. The number of aliphatic hydroxyl groups excluding tert-OH is 1. The van der Waals surface area contributed by atoms with Crippen molar-refractivity contribution in [3.05, 3.63) is 47.9 Å². The summed E-state index contributed by atoms with van der Waals surface area (Å²) < 4.78 is 15.4. The van der Waals surface area contributed by atoms with Gasteiger partial charge in [0.15, 0.2) is 0 Å². The van der Waals surface area contributed by atoms with Gasteiger partial charge in [-0.1, -0.05) is 0 Å². The number of ether oxygens (including phenoxy) is 2. The molecule has 22 heavy (non-hydrogen) atoms. The van der Waals surface area contributed by atoms with Gasteiger partial charge in [-0.2, -0.15) is 0 Å². The quantitative estimate of drug-likeness (QED) is 0.846. The van der Waals surface area contributed by atoms with Crippen LogP contribution in [0, 0.1) is 0 Å². The van der Waals surface area contributed by atoms with Crippen LogP contribution in [0.1, 0.15) is 15.9 Å². The smallest absolute Gasteiger partial charge is 0.257 e. The fourth-order valence-corrected chi connectivity index (χ4v) is 2.13. The number of hydrogen-bond acceptors (Lipinski definition) is 5. The highest BCUT2D eigenvalue weighted by atomic mass is 16.5. The summed E-state index contributed by atoms with van der Waals surface area (Å²) in [4.78, 5) is 13.9. The molecular weight excluding hydrogens is 286 g/mol. The standard InChI is InChI=1S/C16H19NO5/c1-20-14-4-3-12(15(9-14)21-2)10-17(6-7-18)16(19)13-5-8-22-11-13/h3-5,8-9,11,18H,6-7,10H2,1-2H3. The van der Waals surface area contributed by atoms with E-state index in [-0.39, 0.29) is 19.1 Å². The minimum Gasteiger partial charge on any atom is -0.497 e. The van der Waals surface area contributed by atoms with Crippen LogP contribution in [0.2, 0.25) is 0 Å². The average Bonchev–Trinajstić information content (AvgIpc) is 3.08. The van der Waals surface area contributed by atoms with Gasteiger partial charge in [0, 0.05) is 24.7 Å². The zero-order chi connectivity index (χ0) is 15.9. The van der Waals surface area contributed by atoms with E-state index in [2.05, 4.69) is 0 Å². The van der Waals surface area contributed by atoms with Crippen molar-refractivity contribution in [2.24, 2.45) is 0 Å². The largest absolute Gasteiger partial charge is 0.497 e. The zero-order valence-electron chi connectivity index (χ0n) is 12.6. The number of hydrogen-bond donors (Lipinski definition) is 1. The van der Waals surface area contributed by atoms with Gasteiger partial charge in [-0.15, -0.1) is 0 Å². The van der Waals surface area contributed by atoms with E-state index in [1.54, 1.807) is 32.4 Å². The number of furan rings is 1. The first kappa shape index (κ1) is 15.9. The van der Waals surface area contributed by atoms with E-state index in [1.807, 2.05) is 6.07 Å². The molecule has 0 aliphatic carbocycles. The van der Waals surface area contributed by atoms with Crippen LogP contribution < -0.4 is 9.47 Å². The maximum absolute atomic E-state index is 12.4. The number of carbonyl (C=O) groups is 1. The molecule has 0 spiro atoms. The van der Waals surface area contributed by atoms with Gasteiger partial charge < -0.3 is 23.9 Å². The molecule has 1 aromatic heterocycles. The van der Waals surface area contributed by atoms with Gasteiger partial charge in [-0.05, 0) is 18.2 Å². The van der Waals surface area contributed by atoms with Gasteiger partial charge in [-0.3, -0.25) is 4.79 Å². The molecule has 6 heteroatoms. The van der Waals surface area contributed by atoms with Crippen LogP contribution in [0.5, 0.6) is 11.5 Å². The molecule has 1 amide bonds. The van der Waals surface area contributed by atoms with Crippen molar-refractivity contribution < 1.29 is 23.8 Å². The molecular formula is C16H19NO5. The fraction of sp³-hybridized carbons (Fsp3) is 0.312. The Morgan fingerprint density at radius 3 is 2.68 bits per heavy atom. The molecule has 6 nitrogen and oxygen atoms in total. The summed E-state index contributed by atoms with van der Waals surface area (Å²) in [5, 5.41) is 9.20. The van der Waals surface area contributed by atoms with Gasteiger partial charge >= 0.3 is 0 Å². The minimum atomic E-state index is -0.208. The van der Waals surface area contributed by atoms with Crippen LogP contribution in [0.4, 0.5) is 0 Å². The molecule has 1 heterocycles. The van der Waals surface area contributed by atoms with Crippen LogP contribution in [-0.2, 0) is 6.54 Å². The first-order valence-corrected chi connectivity index (χ1v) is 6.82. The Morgan fingerprint density at radius 2 is 2.09 bits per heavy atom. The summed E-state index contributed by atoms with van der Waals surface area (Å²) in [5.41, 5.74) is 1.27. The maximum atomic E-state index is 12.4. The van der Waals surface area contributed by atoms with Crippen molar-refractivity contribution in [2.75, 3.05) is 27.4 Å². The van der Waals surface area contributed by atoms with E-state index in [0.717, 1.165) is 5.56 Å². The van der Waals surface area contributed by atoms with E-state index in [1.165, 1.54) is 17.4 Å². The second-order valence-electron chi connectivity index (χ2n) is 4.64. The monoisotopic (exact) mass is 305 g/mol. The highest BCUT2D eigenvalue weighted by Crippen LogP contribution is 2.26. The summed E-state index contributed by atoms with van der Waals surface area (Å²) in [7, 11) is 3.14. The topological polar surface area (TPSA) is 72.1 Å². The third-order valence-electron chi connectivity index (χ3n) is 3.28. The molecule has 2 rings (SSSR count). The predicted molar refractivity (Wildman–Crippen MR) is 80.1 cm³/mol. The molecule has 0 atom stereocenters. The van der Waals surface area contributed by atoms with E-state index in [4.69, 9.17) is 13.9 Å². The third kappa shape index (κ3) is 3.59. The van der Waals surface area contributed by atoms with Gasteiger partial charge in [0.1, 0.15) is 17.8 Å². The highest BCUT2D eigenvalue weighted by molar-refractivity contribution is 5.93. The van der Waals surface area contributed by atoms with Crippen LogP contribution in [0.25, 0.3) is 0 Å². The summed E-state index contributed by atoms with van der Waals surface area (Å²) >= 11 is 0. The van der Waals surface area contributed by atoms with Crippen molar-refractivity contribution in [1.82, 2.24) is 4.90 Å². The van der Waals surface area contributed by atoms with Crippen LogP contribution in [0.15, 0.2) is 41.2 Å². The van der Waals surface area contributed by atoms with E-state index in [0.29, 0.717) is 23.6 Å². The molecule has 0 fully saturated rings. The number of methoxy groups -OCH3 is 2. The lowest BCUT2D eigenvalue weighted by molar-refractivity contribution is 0.0706. The van der Waals surface area contributed by atoms with E-state index in [9.17, 15) is 9.90 Å². The molecule has 0 bridgehead atoms. The normalized spacial score (nSPS) is 10.3. The summed E-state index contributed by atoms with van der Waals surface area (Å²) in [5.74, 6) is 1.10. The fourth-order valence-electron chi connectivity index (χ4n) is 2.13. The van der Waals surface area contributed by atoms with Crippen LogP contribution >= 0.6 is 0 Å². The van der Waals surface area contributed by atoms with Crippen LogP contribution in [-0.4, -0.2) is 43.3 Å². The Labute approximate surface area is 128 Å². The maximum Gasteiger partial charge on any atom is 0.257 e. The van der Waals surface area contributed by atoms with E-state index < -0.39 is 0 Å². The van der Waals surface area contributed by atoms with Gasteiger partial charge in [-0.25, -0.2) is 0 Å². The molecule has 0 saturated heterocycles. The summed E-state index contributed by atoms with van der Waals surface area (Å²) in [6.45, 7) is 0.416. The molecule has 0 aliphatic heterocycles. The van der Waals surface area contributed by atoms with Crippen LogP contribution in [0.3, 0.4) is 0 Å². The first-order chi connectivity index (χ1) is 10.7. The lowest BCUT2D eigenvalue weighted by Gasteiger charge is -2.22. The number of carbonyl (C=O) groups excluding carboxylic acids is 1. The molecule has 2 aromatic rings. The molecule has 0 saturated carbocycles. The zero-order valence-corrected chi connectivity index (χ0v) is 12.6. The molecule has 0 radical (unpaired) electrons. The Bertz CT molecular complexity index is 609. The van der Waals surface area contributed by atoms with Crippen molar-refractivity contribution in [1.29, 1.82) is 0 Å². The van der Waals surface area contributed by atoms with Crippen molar-refractivity contribution in [2.45, 2.75) is 6.54 Å². The number of rotatable bonds is 7. The lowest BCUT2D eigenvalue weighted by atomic mass is 10.1. The van der Waals surface area contributed by atoms with Gasteiger partial charge in [0.05, 0.1) is 32.7 Å². The second kappa shape index (κ2) is 7.51. The third-order valence-corrected chi connectivity index (χ3v) is 3.28. The van der Waals surface area contributed by atoms with Crippen molar-refractivity contribution in [3.63, 3.8) is 0 Å². The highest BCUT2D eigenvalue weighted by Gasteiger charge is 2.18. The summed E-state index contributed by atoms with van der Waals surface area (Å²) in [6.07, 6.45) is 2.83. The second-order valence-corrected chi connectivity index (χ2v) is 4.64. The molecule has 118 valence electrons. The Balaban J connectivity index is 2.22. The Morgan fingerprint density at radius 1 is 1.27 bits per heavy atom. The molecule has 0 unspecified atom stereocenters. The first-order valence-electron chi connectivity index (χ1n) is 6.82. The lowest BCUT2D eigenvalue weighted by Crippen LogP contribution is -2.33. The molecule has 0 aliphatic rings. The minimum absolute atomic E-state index is 0.123. The predicted octanol–water partition coefficient (Wildman–Crippen LogP) is 1.93. The summed E-state index contributed by atoms with van der Waals surface area (Å²) in [6, 6.07) is 6.99. The SMILES string of the molecule is COc1ccc(CN(CCO)C(=O)c2ccoc2)c(OC)c1. The van der Waals surface area contributed by atoms with E-state index >= 15 is 0 Å². The van der Waals surface area contributed by atoms with Crippen molar-refractivity contribution in [3.8, 4) is 11.5 Å². The Hall–Kier alpha value is -2.47. The number of benzene rings is 1. The number of nitrogens with zero attached hydrogens (tertiary/aromatic N) is 1. The average molecular weight is 305 g/mol. The number of amides is 1. The number of aliphatic hydroxyl groups is 1. The Kier molecular flexibility index (Phi) is 5.43. The van der Waals surface area contributed by atoms with Crippen molar-refractivity contribution >= 4 is 5.91 Å². The van der Waals surface area contributed by atoms with Gasteiger partial charge in [0.25, 0.3) is 5.91 Å².